The van der Waals surface area contributed by atoms with Gasteiger partial charge in [-0.15, -0.1) is 0 Å². The van der Waals surface area contributed by atoms with Crippen LogP contribution in [-0.4, -0.2) is 0 Å². The van der Waals surface area contributed by atoms with Gasteiger partial charge < -0.3 is 0 Å². The summed E-state index contributed by atoms with van der Waals surface area (Å²) in [5.74, 6) is 4.55. The van der Waals surface area contributed by atoms with Crippen molar-refractivity contribution in [1.29, 1.82) is 0 Å². The molecule has 26 heavy (non-hydrogen) atoms. The maximum absolute atomic E-state index is 2.41. The first kappa shape index (κ1) is 19.7. The second kappa shape index (κ2) is 9.77. The van der Waals surface area contributed by atoms with E-state index in [1.165, 1.54) is 69.8 Å². The van der Waals surface area contributed by atoms with E-state index in [0.717, 1.165) is 23.7 Å². The SMILES string of the molecule is CC=CCCC1CCC(C2CCC(c3ccc(C(C)C)cc3)CC2)CC1. The van der Waals surface area contributed by atoms with Crippen LogP contribution in [0.1, 0.15) is 108 Å². The van der Waals surface area contributed by atoms with E-state index in [-0.39, 0.29) is 0 Å². The van der Waals surface area contributed by atoms with E-state index < -0.39 is 0 Å². The minimum Gasteiger partial charge on any atom is -0.0917 e. The van der Waals surface area contributed by atoms with E-state index in [1.54, 1.807) is 5.56 Å². The van der Waals surface area contributed by atoms with Crippen molar-refractivity contribution in [2.45, 2.75) is 96.8 Å². The first-order valence-corrected chi connectivity index (χ1v) is 11.4. The molecule has 0 heterocycles. The van der Waals surface area contributed by atoms with Crippen molar-refractivity contribution in [2.24, 2.45) is 17.8 Å². The topological polar surface area (TPSA) is 0 Å². The third-order valence-electron chi connectivity index (χ3n) is 7.38. The Morgan fingerprint density at radius 1 is 0.846 bits per heavy atom. The first-order valence-electron chi connectivity index (χ1n) is 11.4. The highest BCUT2D eigenvalue weighted by molar-refractivity contribution is 5.27. The lowest BCUT2D eigenvalue weighted by atomic mass is 9.68. The molecule has 0 amide bonds. The zero-order valence-electron chi connectivity index (χ0n) is 17.4. The van der Waals surface area contributed by atoms with E-state index in [0.29, 0.717) is 5.92 Å². The smallest absolute Gasteiger partial charge is 0.0162 e. The molecule has 0 spiro atoms. The third-order valence-corrected chi connectivity index (χ3v) is 7.38. The van der Waals surface area contributed by atoms with Crippen molar-refractivity contribution < 1.29 is 0 Å². The molecule has 0 atom stereocenters. The molecule has 0 aliphatic heterocycles. The van der Waals surface area contributed by atoms with E-state index >= 15 is 0 Å². The molecular weight excluding hydrogens is 312 g/mol. The number of benzene rings is 1. The predicted octanol–water partition coefficient (Wildman–Crippen LogP) is 8.25. The summed E-state index contributed by atoms with van der Waals surface area (Å²) in [5.41, 5.74) is 3.08. The summed E-state index contributed by atoms with van der Waals surface area (Å²) in [6.07, 6.45) is 19.1. The Balaban J connectivity index is 1.43. The zero-order valence-corrected chi connectivity index (χ0v) is 17.4. The monoisotopic (exact) mass is 352 g/mol. The lowest BCUT2D eigenvalue weighted by molar-refractivity contribution is 0.157. The fraction of sp³-hybridized carbons (Fsp3) is 0.692. The molecule has 0 radical (unpaired) electrons. The zero-order chi connectivity index (χ0) is 18.4. The van der Waals surface area contributed by atoms with Crippen molar-refractivity contribution in [3.05, 3.63) is 47.5 Å². The van der Waals surface area contributed by atoms with Crippen LogP contribution < -0.4 is 0 Å². The van der Waals surface area contributed by atoms with Gasteiger partial charge in [0.1, 0.15) is 0 Å². The molecule has 2 aliphatic carbocycles. The number of hydrogen-bond donors (Lipinski definition) is 0. The number of hydrogen-bond acceptors (Lipinski definition) is 0. The van der Waals surface area contributed by atoms with Gasteiger partial charge >= 0.3 is 0 Å². The summed E-state index contributed by atoms with van der Waals surface area (Å²) in [4.78, 5) is 0. The van der Waals surface area contributed by atoms with Crippen molar-refractivity contribution in [2.75, 3.05) is 0 Å². The minimum absolute atomic E-state index is 0.646. The molecule has 0 heteroatoms. The van der Waals surface area contributed by atoms with Crippen LogP contribution in [-0.2, 0) is 0 Å². The van der Waals surface area contributed by atoms with Gasteiger partial charge in [-0.2, -0.15) is 0 Å². The predicted molar refractivity (Wildman–Crippen MR) is 115 cm³/mol. The Morgan fingerprint density at radius 3 is 1.96 bits per heavy atom. The van der Waals surface area contributed by atoms with Crippen molar-refractivity contribution in [3.63, 3.8) is 0 Å². The van der Waals surface area contributed by atoms with Crippen molar-refractivity contribution in [3.8, 4) is 0 Å². The van der Waals surface area contributed by atoms with E-state index in [1.807, 2.05) is 0 Å². The van der Waals surface area contributed by atoms with Gasteiger partial charge in [0.15, 0.2) is 0 Å². The molecule has 0 unspecified atom stereocenters. The summed E-state index contributed by atoms with van der Waals surface area (Å²) in [7, 11) is 0. The summed E-state index contributed by atoms with van der Waals surface area (Å²) in [6.45, 7) is 6.72. The van der Waals surface area contributed by atoms with Crippen molar-refractivity contribution in [1.82, 2.24) is 0 Å². The Hall–Kier alpha value is -1.04. The molecule has 0 nitrogen and oxygen atoms in total. The van der Waals surface area contributed by atoms with E-state index in [4.69, 9.17) is 0 Å². The van der Waals surface area contributed by atoms with Gasteiger partial charge in [0.25, 0.3) is 0 Å². The summed E-state index contributed by atoms with van der Waals surface area (Å²) in [6, 6.07) is 9.55. The molecule has 2 saturated carbocycles. The van der Waals surface area contributed by atoms with Crippen LogP contribution in [0.5, 0.6) is 0 Å². The molecule has 0 aromatic heterocycles. The molecule has 3 rings (SSSR count). The highest BCUT2D eigenvalue weighted by Crippen LogP contribution is 2.44. The van der Waals surface area contributed by atoms with Crippen LogP contribution >= 0.6 is 0 Å². The lowest BCUT2D eigenvalue weighted by Crippen LogP contribution is -2.25. The molecule has 0 bridgehead atoms. The van der Waals surface area contributed by atoms with Gasteiger partial charge in [-0.05, 0) is 99.0 Å². The lowest BCUT2D eigenvalue weighted by Gasteiger charge is -2.38. The quantitative estimate of drug-likeness (QED) is 0.452. The van der Waals surface area contributed by atoms with Crippen LogP contribution in [0.3, 0.4) is 0 Å². The standard InChI is InChI=1S/C26H40/c1-4-5-6-7-21-8-10-23(11-9-21)25-16-18-26(19-17-25)24-14-12-22(13-15-24)20(2)3/h4-5,12-15,20-21,23,25-26H,6-11,16-19H2,1-3H3. The van der Waals surface area contributed by atoms with Crippen molar-refractivity contribution >= 4 is 0 Å². The summed E-state index contributed by atoms with van der Waals surface area (Å²) in [5, 5.41) is 0. The minimum atomic E-state index is 0.646. The molecular formula is C26H40. The molecule has 1 aromatic carbocycles. The highest BCUT2D eigenvalue weighted by atomic mass is 14.4. The van der Waals surface area contributed by atoms with E-state index in [9.17, 15) is 0 Å². The largest absolute Gasteiger partial charge is 0.0917 e. The Bertz CT molecular complexity index is 534. The average molecular weight is 353 g/mol. The molecule has 0 saturated heterocycles. The second-order valence-corrected chi connectivity index (χ2v) is 9.36. The van der Waals surface area contributed by atoms with Gasteiger partial charge in [-0.3, -0.25) is 0 Å². The van der Waals surface area contributed by atoms with Crippen LogP contribution in [0.25, 0.3) is 0 Å². The maximum atomic E-state index is 2.41. The first-order chi connectivity index (χ1) is 12.7. The third kappa shape index (κ3) is 5.24. The molecule has 2 aliphatic rings. The van der Waals surface area contributed by atoms with Gasteiger partial charge in [-0.1, -0.05) is 63.1 Å². The molecule has 0 N–H and O–H groups in total. The Kier molecular flexibility index (Phi) is 7.41. The van der Waals surface area contributed by atoms with Gasteiger partial charge in [0.2, 0.25) is 0 Å². The summed E-state index contributed by atoms with van der Waals surface area (Å²) >= 11 is 0. The number of allylic oxidation sites excluding steroid dienone is 2. The van der Waals surface area contributed by atoms with E-state index in [2.05, 4.69) is 57.2 Å². The van der Waals surface area contributed by atoms with Crippen LogP contribution in [0.15, 0.2) is 36.4 Å². The van der Waals surface area contributed by atoms with Crippen LogP contribution in [0.4, 0.5) is 0 Å². The molecule has 144 valence electrons. The summed E-state index contributed by atoms with van der Waals surface area (Å²) < 4.78 is 0. The normalized spacial score (nSPS) is 30.2. The van der Waals surface area contributed by atoms with Gasteiger partial charge in [0, 0.05) is 0 Å². The van der Waals surface area contributed by atoms with Gasteiger partial charge in [0.05, 0.1) is 0 Å². The molecule has 1 aromatic rings. The number of rotatable bonds is 6. The molecule has 2 fully saturated rings. The highest BCUT2D eigenvalue weighted by Gasteiger charge is 2.31. The maximum Gasteiger partial charge on any atom is -0.0162 e. The second-order valence-electron chi connectivity index (χ2n) is 9.36. The van der Waals surface area contributed by atoms with Gasteiger partial charge in [-0.25, -0.2) is 0 Å². The Morgan fingerprint density at radius 2 is 1.42 bits per heavy atom. The fourth-order valence-corrected chi connectivity index (χ4v) is 5.52. The Labute approximate surface area is 162 Å². The van der Waals surface area contributed by atoms with Crippen LogP contribution in [0.2, 0.25) is 0 Å². The fourth-order valence-electron chi connectivity index (χ4n) is 5.52. The van der Waals surface area contributed by atoms with Crippen LogP contribution in [0, 0.1) is 17.8 Å². The average Bonchev–Trinajstić information content (AvgIpc) is 2.69.